The van der Waals surface area contributed by atoms with Crippen molar-refractivity contribution in [2.45, 2.75) is 39.7 Å². The number of rotatable bonds is 10. The van der Waals surface area contributed by atoms with Crippen molar-refractivity contribution in [3.63, 3.8) is 0 Å². The first kappa shape index (κ1) is 18.9. The van der Waals surface area contributed by atoms with E-state index in [1.807, 2.05) is 6.92 Å². The second kappa shape index (κ2) is 10.6. The number of aliphatic hydroxyl groups excluding tert-OH is 1. The van der Waals surface area contributed by atoms with Crippen LogP contribution in [0.3, 0.4) is 0 Å². The average Bonchev–Trinajstić information content (AvgIpc) is 2.43. The summed E-state index contributed by atoms with van der Waals surface area (Å²) in [5.41, 5.74) is 1.21. The fourth-order valence-corrected chi connectivity index (χ4v) is 3.87. The minimum absolute atomic E-state index is 0.270. The molecule has 0 fully saturated rings. The molecule has 120 valence electrons. The number of benzene rings is 1. The van der Waals surface area contributed by atoms with Crippen LogP contribution in [0, 0.1) is 5.92 Å². The molecule has 0 spiro atoms. The SMILES string of the molecule is CCCC(CCO)CNCc1cc(Br)c(OCC)c(Br)c1. The molecule has 2 N–H and O–H groups in total. The highest BCUT2D eigenvalue weighted by Gasteiger charge is 2.10. The van der Waals surface area contributed by atoms with Gasteiger partial charge < -0.3 is 15.2 Å². The highest BCUT2D eigenvalue weighted by Crippen LogP contribution is 2.34. The maximum absolute atomic E-state index is 9.08. The molecule has 0 bridgehead atoms. The molecule has 1 aromatic rings. The first-order valence-electron chi connectivity index (χ1n) is 7.54. The van der Waals surface area contributed by atoms with Crippen molar-refractivity contribution in [3.8, 4) is 5.75 Å². The van der Waals surface area contributed by atoms with E-state index in [1.165, 1.54) is 5.56 Å². The molecule has 0 saturated heterocycles. The van der Waals surface area contributed by atoms with E-state index in [1.54, 1.807) is 0 Å². The molecule has 0 radical (unpaired) electrons. The molecule has 1 atom stereocenters. The number of ether oxygens (including phenoxy) is 1. The van der Waals surface area contributed by atoms with Crippen molar-refractivity contribution in [1.29, 1.82) is 0 Å². The highest BCUT2D eigenvalue weighted by molar-refractivity contribution is 9.11. The van der Waals surface area contributed by atoms with E-state index < -0.39 is 0 Å². The summed E-state index contributed by atoms with van der Waals surface area (Å²) in [7, 11) is 0. The first-order valence-corrected chi connectivity index (χ1v) is 9.13. The molecule has 0 aliphatic heterocycles. The van der Waals surface area contributed by atoms with Crippen molar-refractivity contribution >= 4 is 31.9 Å². The Morgan fingerprint density at radius 2 is 1.86 bits per heavy atom. The fourth-order valence-electron chi connectivity index (χ4n) is 2.36. The quantitative estimate of drug-likeness (QED) is 0.583. The lowest BCUT2D eigenvalue weighted by atomic mass is 10.0. The third-order valence-electron chi connectivity index (χ3n) is 3.34. The number of nitrogens with one attached hydrogen (secondary N) is 1. The van der Waals surface area contributed by atoms with E-state index in [0.29, 0.717) is 12.5 Å². The van der Waals surface area contributed by atoms with Crippen molar-refractivity contribution in [2.24, 2.45) is 5.92 Å². The second-order valence-corrected chi connectivity index (χ2v) is 6.83. The Bertz CT molecular complexity index is 398. The predicted molar refractivity (Wildman–Crippen MR) is 94.8 cm³/mol. The van der Waals surface area contributed by atoms with Crippen LogP contribution >= 0.6 is 31.9 Å². The number of halogens is 2. The van der Waals surface area contributed by atoms with Gasteiger partial charge in [0.1, 0.15) is 5.75 Å². The van der Waals surface area contributed by atoms with Crippen LogP contribution in [0.15, 0.2) is 21.1 Å². The summed E-state index contributed by atoms with van der Waals surface area (Å²) in [4.78, 5) is 0. The van der Waals surface area contributed by atoms with Gasteiger partial charge in [0.05, 0.1) is 15.6 Å². The summed E-state index contributed by atoms with van der Waals surface area (Å²) in [5, 5.41) is 12.6. The lowest BCUT2D eigenvalue weighted by Crippen LogP contribution is -2.23. The van der Waals surface area contributed by atoms with Crippen LogP contribution < -0.4 is 10.1 Å². The lowest BCUT2D eigenvalue weighted by molar-refractivity contribution is 0.248. The van der Waals surface area contributed by atoms with Crippen LogP contribution in [-0.2, 0) is 6.54 Å². The molecule has 5 heteroatoms. The molecule has 1 unspecified atom stereocenters. The zero-order chi connectivity index (χ0) is 15.7. The standard InChI is InChI=1S/C16H25Br2NO2/c1-3-5-12(6-7-20)10-19-11-13-8-14(17)16(21-4-2)15(18)9-13/h8-9,12,19-20H,3-7,10-11H2,1-2H3. The smallest absolute Gasteiger partial charge is 0.147 e. The van der Waals surface area contributed by atoms with Gasteiger partial charge in [-0.2, -0.15) is 0 Å². The van der Waals surface area contributed by atoms with Crippen LogP contribution in [0.5, 0.6) is 5.75 Å². The number of hydrogen-bond donors (Lipinski definition) is 2. The summed E-state index contributed by atoms with van der Waals surface area (Å²) in [5.74, 6) is 1.40. The molecule has 0 amide bonds. The Kier molecular flexibility index (Phi) is 9.56. The van der Waals surface area contributed by atoms with Gasteiger partial charge in [0.15, 0.2) is 0 Å². The van der Waals surface area contributed by atoms with Crippen molar-refractivity contribution in [2.75, 3.05) is 19.8 Å². The molecule has 0 aromatic heterocycles. The summed E-state index contributed by atoms with van der Waals surface area (Å²) >= 11 is 7.11. The normalized spacial score (nSPS) is 12.4. The number of aliphatic hydroxyl groups is 1. The third kappa shape index (κ3) is 6.68. The van der Waals surface area contributed by atoms with Gasteiger partial charge in [-0.1, -0.05) is 13.3 Å². The van der Waals surface area contributed by atoms with Gasteiger partial charge in [-0.05, 0) is 81.8 Å². The van der Waals surface area contributed by atoms with E-state index >= 15 is 0 Å². The number of hydrogen-bond acceptors (Lipinski definition) is 3. The van der Waals surface area contributed by atoms with E-state index in [4.69, 9.17) is 9.84 Å². The van der Waals surface area contributed by atoms with Crippen molar-refractivity contribution in [1.82, 2.24) is 5.32 Å². The van der Waals surface area contributed by atoms with Gasteiger partial charge in [-0.25, -0.2) is 0 Å². The van der Waals surface area contributed by atoms with Gasteiger partial charge >= 0.3 is 0 Å². The Labute approximate surface area is 144 Å². The molecule has 21 heavy (non-hydrogen) atoms. The van der Waals surface area contributed by atoms with Gasteiger partial charge in [-0.3, -0.25) is 0 Å². The van der Waals surface area contributed by atoms with Gasteiger partial charge in [0.2, 0.25) is 0 Å². The molecule has 0 aliphatic carbocycles. The van der Waals surface area contributed by atoms with E-state index in [9.17, 15) is 0 Å². The maximum Gasteiger partial charge on any atom is 0.147 e. The Balaban J connectivity index is 2.55. The summed E-state index contributed by atoms with van der Waals surface area (Å²) < 4.78 is 7.52. The average molecular weight is 423 g/mol. The Morgan fingerprint density at radius 3 is 2.38 bits per heavy atom. The van der Waals surface area contributed by atoms with Crippen LogP contribution in [-0.4, -0.2) is 24.9 Å². The molecule has 1 rings (SSSR count). The molecular formula is C16H25Br2NO2. The van der Waals surface area contributed by atoms with Crippen LogP contribution in [0.25, 0.3) is 0 Å². The molecule has 0 aliphatic rings. The van der Waals surface area contributed by atoms with Crippen molar-refractivity contribution < 1.29 is 9.84 Å². The highest BCUT2D eigenvalue weighted by atomic mass is 79.9. The zero-order valence-corrected chi connectivity index (χ0v) is 16.0. The van der Waals surface area contributed by atoms with Gasteiger partial charge in [0.25, 0.3) is 0 Å². The summed E-state index contributed by atoms with van der Waals surface area (Å²) in [6.07, 6.45) is 3.19. The summed E-state index contributed by atoms with van der Waals surface area (Å²) in [6.45, 7) is 6.83. The van der Waals surface area contributed by atoms with E-state index in [0.717, 1.165) is 47.0 Å². The Morgan fingerprint density at radius 1 is 1.19 bits per heavy atom. The third-order valence-corrected chi connectivity index (χ3v) is 4.52. The fraction of sp³-hybridized carbons (Fsp3) is 0.625. The minimum Gasteiger partial charge on any atom is -0.492 e. The largest absolute Gasteiger partial charge is 0.492 e. The zero-order valence-electron chi connectivity index (χ0n) is 12.8. The molecule has 0 saturated carbocycles. The van der Waals surface area contributed by atoms with Gasteiger partial charge in [0, 0.05) is 13.2 Å². The monoisotopic (exact) mass is 421 g/mol. The minimum atomic E-state index is 0.270. The Hall–Kier alpha value is -0.100. The van der Waals surface area contributed by atoms with Gasteiger partial charge in [-0.15, -0.1) is 0 Å². The lowest BCUT2D eigenvalue weighted by Gasteiger charge is -2.16. The topological polar surface area (TPSA) is 41.5 Å². The maximum atomic E-state index is 9.08. The van der Waals surface area contributed by atoms with Crippen molar-refractivity contribution in [3.05, 3.63) is 26.6 Å². The van der Waals surface area contributed by atoms with Crippen LogP contribution in [0.2, 0.25) is 0 Å². The molecule has 1 aromatic carbocycles. The molecular weight excluding hydrogens is 398 g/mol. The van der Waals surface area contributed by atoms with E-state index in [-0.39, 0.29) is 6.61 Å². The summed E-state index contributed by atoms with van der Waals surface area (Å²) in [6, 6.07) is 4.17. The molecule has 3 nitrogen and oxygen atoms in total. The van der Waals surface area contributed by atoms with E-state index in [2.05, 4.69) is 56.2 Å². The second-order valence-electron chi connectivity index (χ2n) is 5.12. The first-order chi connectivity index (χ1) is 10.1. The predicted octanol–water partition coefficient (Wildman–Crippen LogP) is 4.50. The van der Waals surface area contributed by atoms with Crippen LogP contribution in [0.4, 0.5) is 0 Å². The molecule has 0 heterocycles. The van der Waals surface area contributed by atoms with Crippen LogP contribution in [0.1, 0.15) is 38.7 Å².